The van der Waals surface area contributed by atoms with Crippen molar-refractivity contribution in [2.45, 2.75) is 25.3 Å². The summed E-state index contributed by atoms with van der Waals surface area (Å²) in [6, 6.07) is 58.8. The molecule has 1 aliphatic heterocycles. The van der Waals surface area contributed by atoms with Crippen LogP contribution in [0.4, 0.5) is 0 Å². The van der Waals surface area contributed by atoms with Crippen molar-refractivity contribution >= 4 is 49.2 Å². The van der Waals surface area contributed by atoms with Crippen LogP contribution < -0.4 is 4.74 Å². The summed E-state index contributed by atoms with van der Waals surface area (Å²) >= 11 is 0. The van der Waals surface area contributed by atoms with Crippen LogP contribution in [0.15, 0.2) is 206 Å². The summed E-state index contributed by atoms with van der Waals surface area (Å²) in [4.78, 5) is 15.1. The van der Waals surface area contributed by atoms with Gasteiger partial charge in [-0.3, -0.25) is 0 Å². The zero-order chi connectivity index (χ0) is 42.3. The molecule has 0 N–H and O–H groups in total. The fraction of sp³-hybridized carbons (Fsp3) is 0.0862. The van der Waals surface area contributed by atoms with Crippen molar-refractivity contribution in [2.75, 3.05) is 0 Å². The lowest BCUT2D eigenvalue weighted by atomic mass is 9.78. The van der Waals surface area contributed by atoms with Gasteiger partial charge in [0, 0.05) is 55.0 Å². The number of aromatic nitrogens is 5. The van der Waals surface area contributed by atoms with E-state index in [0.717, 1.165) is 45.9 Å². The number of ether oxygens (including phenoxy) is 1. The smallest absolute Gasteiger partial charge is 0.164 e. The first-order chi connectivity index (χ1) is 31.6. The highest BCUT2D eigenvalue weighted by molar-refractivity contribution is 6.12. The molecule has 0 bridgehead atoms. The lowest BCUT2D eigenvalue weighted by molar-refractivity contribution is 0.407. The molecule has 10 aromatic rings. The van der Waals surface area contributed by atoms with E-state index < -0.39 is 0 Å². The van der Waals surface area contributed by atoms with Crippen LogP contribution in [0.5, 0.6) is 5.75 Å². The van der Waals surface area contributed by atoms with Crippen LogP contribution in [0.25, 0.3) is 88.8 Å². The summed E-state index contributed by atoms with van der Waals surface area (Å²) in [5, 5.41) is 5.02. The normalized spacial score (nSPS) is 17.7. The van der Waals surface area contributed by atoms with E-state index in [9.17, 15) is 0 Å². The third-order valence-corrected chi connectivity index (χ3v) is 13.5. The summed E-state index contributed by atoms with van der Waals surface area (Å²) in [6.45, 7) is 2.27. The van der Waals surface area contributed by atoms with Gasteiger partial charge in [-0.05, 0) is 78.1 Å². The molecule has 3 unspecified atom stereocenters. The van der Waals surface area contributed by atoms with Crippen molar-refractivity contribution in [2.24, 2.45) is 5.92 Å². The van der Waals surface area contributed by atoms with E-state index in [-0.39, 0.29) is 17.9 Å². The molecule has 0 radical (unpaired) electrons. The predicted octanol–water partition coefficient (Wildman–Crippen LogP) is 14.2. The summed E-state index contributed by atoms with van der Waals surface area (Å²) in [7, 11) is 0. The highest BCUT2D eigenvalue weighted by Crippen LogP contribution is 2.52. The van der Waals surface area contributed by atoms with Gasteiger partial charge in [-0.1, -0.05) is 153 Å². The zero-order valence-corrected chi connectivity index (χ0v) is 35.1. The van der Waals surface area contributed by atoms with Gasteiger partial charge in [-0.25, -0.2) is 15.0 Å². The van der Waals surface area contributed by atoms with E-state index in [2.05, 4.69) is 180 Å². The molecule has 64 heavy (non-hydrogen) atoms. The zero-order valence-electron chi connectivity index (χ0n) is 35.1. The topological polar surface area (TPSA) is 57.8 Å². The Morgan fingerprint density at radius 1 is 0.516 bits per heavy atom. The molecule has 13 rings (SSSR count). The molecule has 0 fully saturated rings. The Morgan fingerprint density at radius 3 is 1.91 bits per heavy atom. The Labute approximate surface area is 370 Å². The van der Waals surface area contributed by atoms with Crippen molar-refractivity contribution in [1.29, 1.82) is 0 Å². The minimum atomic E-state index is 0.0170. The fourth-order valence-corrected chi connectivity index (χ4v) is 10.5. The number of allylic oxidation sites excluding steroid dienone is 8. The van der Waals surface area contributed by atoms with Crippen LogP contribution in [-0.2, 0) is 0 Å². The molecule has 3 atom stereocenters. The van der Waals surface area contributed by atoms with E-state index in [1.807, 2.05) is 36.4 Å². The van der Waals surface area contributed by atoms with Gasteiger partial charge < -0.3 is 13.9 Å². The molecule has 0 saturated carbocycles. The van der Waals surface area contributed by atoms with Crippen LogP contribution in [0.3, 0.4) is 0 Å². The maximum Gasteiger partial charge on any atom is 0.164 e. The second kappa shape index (κ2) is 14.5. The molecule has 0 saturated heterocycles. The average molecular weight is 824 g/mol. The van der Waals surface area contributed by atoms with Gasteiger partial charge in [0.05, 0.1) is 28.5 Å². The molecule has 0 amide bonds. The number of fused-ring (bicyclic) bond motifs is 9. The molecule has 6 nitrogen and oxygen atoms in total. The van der Waals surface area contributed by atoms with Crippen LogP contribution in [0.2, 0.25) is 0 Å². The van der Waals surface area contributed by atoms with E-state index in [4.69, 9.17) is 19.7 Å². The van der Waals surface area contributed by atoms with E-state index >= 15 is 0 Å². The second-order valence-corrected chi connectivity index (χ2v) is 17.1. The van der Waals surface area contributed by atoms with Crippen LogP contribution in [0, 0.1) is 5.92 Å². The maximum absolute atomic E-state index is 6.57. The number of nitrogens with zero attached hydrogens (tertiary/aromatic N) is 5. The molecule has 4 heterocycles. The number of rotatable bonds is 6. The monoisotopic (exact) mass is 823 g/mol. The summed E-state index contributed by atoms with van der Waals surface area (Å²) in [5.74, 6) is 3.93. The Bertz CT molecular complexity index is 3590. The van der Waals surface area contributed by atoms with E-state index in [1.54, 1.807) is 0 Å². The molecule has 7 aromatic carbocycles. The van der Waals surface area contributed by atoms with E-state index in [0.29, 0.717) is 17.5 Å². The third kappa shape index (κ3) is 5.76. The molecule has 3 aliphatic rings. The van der Waals surface area contributed by atoms with Crippen LogP contribution >= 0.6 is 0 Å². The van der Waals surface area contributed by atoms with Gasteiger partial charge in [0.25, 0.3) is 0 Å². The van der Waals surface area contributed by atoms with Crippen molar-refractivity contribution in [3.05, 3.63) is 217 Å². The fourth-order valence-electron chi connectivity index (χ4n) is 10.5. The Morgan fingerprint density at radius 2 is 1.16 bits per heavy atom. The van der Waals surface area contributed by atoms with Crippen molar-refractivity contribution in [3.63, 3.8) is 0 Å². The van der Waals surface area contributed by atoms with Gasteiger partial charge in [0.2, 0.25) is 0 Å². The van der Waals surface area contributed by atoms with Crippen molar-refractivity contribution < 1.29 is 4.74 Å². The first-order valence-electron chi connectivity index (χ1n) is 22.2. The highest BCUT2D eigenvalue weighted by Gasteiger charge is 2.39. The average Bonchev–Trinajstić information content (AvgIpc) is 4.02. The summed E-state index contributed by atoms with van der Waals surface area (Å²) in [5.41, 5.74) is 12.5. The highest BCUT2D eigenvalue weighted by atomic mass is 16.5. The van der Waals surface area contributed by atoms with E-state index in [1.165, 1.54) is 54.7 Å². The molecule has 2 aliphatic carbocycles. The molecular weight excluding hydrogens is 783 g/mol. The molecular formula is C58H41N5O. The molecule has 0 spiro atoms. The maximum atomic E-state index is 6.57. The number of hydrogen-bond donors (Lipinski definition) is 0. The largest absolute Gasteiger partial charge is 0.461 e. The number of benzene rings is 7. The Balaban J connectivity index is 0.887. The number of para-hydroxylation sites is 2. The number of hydrogen-bond acceptors (Lipinski definition) is 4. The van der Waals surface area contributed by atoms with Crippen LogP contribution in [-0.4, -0.2) is 24.1 Å². The Hall–Kier alpha value is -8.09. The Kier molecular flexibility index (Phi) is 8.28. The summed E-state index contributed by atoms with van der Waals surface area (Å²) < 4.78 is 11.5. The summed E-state index contributed by atoms with van der Waals surface area (Å²) in [6.07, 6.45) is 14.1. The molecule has 3 aromatic heterocycles. The predicted molar refractivity (Wildman–Crippen MR) is 260 cm³/mol. The van der Waals surface area contributed by atoms with Gasteiger partial charge >= 0.3 is 0 Å². The lowest BCUT2D eigenvalue weighted by Gasteiger charge is -2.25. The minimum Gasteiger partial charge on any atom is -0.461 e. The standard InChI is InChI=1S/C58H41N5O/c1-36-43(58-60-56(37-15-5-2-6-16-37)59-57(61-58)38-17-7-3-8-18-38)29-32-54-55(36)48-34-40(26-31-53(48)64-54)39-25-30-51-47(33-39)45-22-12-14-24-50(45)63(51)42-27-28-46-44-21-11-13-23-49(44)62(52(46)35-42)41-19-9-4-10-20-41/h2-19,21-36,41,55H,20H2,1H3. The molecule has 6 heteroatoms. The van der Waals surface area contributed by atoms with Gasteiger partial charge in [-0.15, -0.1) is 0 Å². The molecule has 304 valence electrons. The van der Waals surface area contributed by atoms with Gasteiger partial charge in [0.1, 0.15) is 11.5 Å². The van der Waals surface area contributed by atoms with Crippen molar-refractivity contribution in [3.8, 4) is 45.3 Å². The SMILES string of the molecule is CC1C(c2nc(-c3ccccc3)nc(-c3ccccc3)n2)=CC=C2Oc3ccc(-c4ccc5c(c4)c4ccccc4n5-c4ccc5c6ccccc6n(C6C=CC=CC6)c5c4)cc3C21. The second-order valence-electron chi connectivity index (χ2n) is 17.1. The van der Waals surface area contributed by atoms with Gasteiger partial charge in [0.15, 0.2) is 17.5 Å². The first kappa shape index (κ1) is 36.6. The lowest BCUT2D eigenvalue weighted by Crippen LogP contribution is -2.17. The minimum absolute atomic E-state index is 0.0170. The quantitative estimate of drug-likeness (QED) is 0.168. The van der Waals surface area contributed by atoms with Gasteiger partial charge in [-0.2, -0.15) is 0 Å². The van der Waals surface area contributed by atoms with Crippen LogP contribution in [0.1, 0.15) is 36.7 Å². The first-order valence-corrected chi connectivity index (χ1v) is 22.2. The third-order valence-electron chi connectivity index (χ3n) is 13.5. The van der Waals surface area contributed by atoms with Crippen molar-refractivity contribution in [1.82, 2.24) is 24.1 Å².